The van der Waals surface area contributed by atoms with Crippen LogP contribution in [0.5, 0.6) is 11.5 Å². The molecule has 0 aliphatic carbocycles. The zero-order chi connectivity index (χ0) is 19.6. The summed E-state index contributed by atoms with van der Waals surface area (Å²) in [5, 5.41) is 0.513. The predicted molar refractivity (Wildman–Crippen MR) is 116 cm³/mol. The maximum absolute atomic E-state index is 5.27. The smallest absolute Gasteiger partial charge is 0.118 e. The van der Waals surface area contributed by atoms with Crippen molar-refractivity contribution in [2.45, 2.75) is 38.6 Å². The Morgan fingerprint density at radius 3 is 1.70 bits per heavy atom. The van der Waals surface area contributed by atoms with Crippen LogP contribution < -0.4 is 9.47 Å². The molecule has 0 radical (unpaired) electrons. The highest BCUT2D eigenvalue weighted by Gasteiger charge is 2.17. The van der Waals surface area contributed by atoms with E-state index in [0.29, 0.717) is 11.2 Å². The first-order valence-electron chi connectivity index (χ1n) is 9.34. The van der Waals surface area contributed by atoms with Crippen molar-refractivity contribution in [3.63, 3.8) is 0 Å². The third-order valence-electron chi connectivity index (χ3n) is 4.69. The Bertz CT molecular complexity index is 635. The standard InChI is InChI=1S/C23H31NO2S/c1-6-7-18(2)19(3)27-24(16-20-8-12-22(25-4)13-9-20)17-21-10-14-23(26-5)15-11-21/h6,8-15,18-19H,1,7,16-17H2,2-5H3/t18-,19-/m1/s1. The van der Waals surface area contributed by atoms with Crippen molar-refractivity contribution in [1.82, 2.24) is 4.31 Å². The molecule has 2 aromatic rings. The van der Waals surface area contributed by atoms with Gasteiger partial charge in [-0.2, -0.15) is 0 Å². The number of allylic oxidation sites excluding steroid dienone is 1. The van der Waals surface area contributed by atoms with Crippen LogP contribution in [-0.4, -0.2) is 23.8 Å². The van der Waals surface area contributed by atoms with E-state index in [0.717, 1.165) is 31.0 Å². The van der Waals surface area contributed by atoms with Gasteiger partial charge in [0, 0.05) is 18.3 Å². The molecule has 0 N–H and O–H groups in total. The third-order valence-corrected chi connectivity index (χ3v) is 6.04. The molecule has 0 fully saturated rings. The van der Waals surface area contributed by atoms with Crippen LogP contribution in [0.25, 0.3) is 0 Å². The Hall–Kier alpha value is -1.91. The van der Waals surface area contributed by atoms with Gasteiger partial charge in [-0.1, -0.05) is 56.1 Å². The van der Waals surface area contributed by atoms with Gasteiger partial charge in [-0.15, -0.1) is 6.58 Å². The first-order valence-corrected chi connectivity index (χ1v) is 10.2. The minimum Gasteiger partial charge on any atom is -0.497 e. The van der Waals surface area contributed by atoms with E-state index in [1.54, 1.807) is 14.2 Å². The van der Waals surface area contributed by atoms with Gasteiger partial charge < -0.3 is 9.47 Å². The van der Waals surface area contributed by atoms with Gasteiger partial charge in [0.1, 0.15) is 11.5 Å². The number of benzene rings is 2. The summed E-state index contributed by atoms with van der Waals surface area (Å²) in [5.41, 5.74) is 2.56. The van der Waals surface area contributed by atoms with Crippen LogP contribution in [-0.2, 0) is 13.1 Å². The van der Waals surface area contributed by atoms with Crippen LogP contribution in [0.3, 0.4) is 0 Å². The number of ether oxygens (including phenoxy) is 2. The molecule has 2 aromatic carbocycles. The molecule has 2 atom stereocenters. The lowest BCUT2D eigenvalue weighted by Gasteiger charge is -2.28. The SMILES string of the molecule is C=CC[C@@H](C)[C@@H](C)SN(Cc1ccc(OC)cc1)Cc1ccc(OC)cc1. The monoisotopic (exact) mass is 385 g/mol. The van der Waals surface area contributed by atoms with E-state index in [9.17, 15) is 0 Å². The minimum absolute atomic E-state index is 0.513. The molecule has 27 heavy (non-hydrogen) atoms. The van der Waals surface area contributed by atoms with Gasteiger partial charge in [0.15, 0.2) is 0 Å². The van der Waals surface area contributed by atoms with Crippen molar-refractivity contribution in [3.8, 4) is 11.5 Å². The predicted octanol–water partition coefficient (Wildman–Crippen LogP) is 5.95. The van der Waals surface area contributed by atoms with Crippen molar-refractivity contribution < 1.29 is 9.47 Å². The van der Waals surface area contributed by atoms with Gasteiger partial charge in [-0.3, -0.25) is 0 Å². The van der Waals surface area contributed by atoms with Gasteiger partial charge >= 0.3 is 0 Å². The van der Waals surface area contributed by atoms with E-state index in [1.165, 1.54) is 11.1 Å². The molecule has 0 aromatic heterocycles. The highest BCUT2D eigenvalue weighted by atomic mass is 32.2. The average Bonchev–Trinajstić information content (AvgIpc) is 2.69. The molecular formula is C23H31NO2S. The molecule has 2 rings (SSSR count). The summed E-state index contributed by atoms with van der Waals surface area (Å²) in [6.07, 6.45) is 3.05. The topological polar surface area (TPSA) is 21.7 Å². The molecule has 0 bridgehead atoms. The van der Waals surface area contributed by atoms with Crippen LogP contribution in [0.2, 0.25) is 0 Å². The van der Waals surface area contributed by atoms with Crippen molar-refractivity contribution in [2.24, 2.45) is 5.92 Å². The maximum atomic E-state index is 5.27. The second-order valence-corrected chi connectivity index (χ2v) is 8.28. The Morgan fingerprint density at radius 2 is 1.33 bits per heavy atom. The number of nitrogens with zero attached hydrogens (tertiary/aromatic N) is 1. The molecule has 0 aliphatic heterocycles. The molecule has 0 spiro atoms. The third kappa shape index (κ3) is 6.96. The maximum Gasteiger partial charge on any atom is 0.118 e. The van der Waals surface area contributed by atoms with Crippen LogP contribution in [0.4, 0.5) is 0 Å². The molecule has 0 unspecified atom stereocenters. The zero-order valence-electron chi connectivity index (χ0n) is 16.9. The molecule has 0 amide bonds. The fourth-order valence-corrected chi connectivity index (χ4v) is 4.03. The Balaban J connectivity index is 2.11. The lowest BCUT2D eigenvalue weighted by atomic mass is 10.1. The summed E-state index contributed by atoms with van der Waals surface area (Å²) < 4.78 is 13.0. The van der Waals surface area contributed by atoms with Gasteiger partial charge in [-0.05, 0) is 47.7 Å². The highest BCUT2D eigenvalue weighted by molar-refractivity contribution is 7.97. The van der Waals surface area contributed by atoms with Gasteiger partial charge in [0.25, 0.3) is 0 Å². The van der Waals surface area contributed by atoms with Gasteiger partial charge in [-0.25, -0.2) is 4.31 Å². The van der Waals surface area contributed by atoms with E-state index in [1.807, 2.05) is 42.3 Å². The molecule has 0 saturated heterocycles. The van der Waals surface area contributed by atoms with Gasteiger partial charge in [0.2, 0.25) is 0 Å². The van der Waals surface area contributed by atoms with Gasteiger partial charge in [0.05, 0.1) is 14.2 Å². The summed E-state index contributed by atoms with van der Waals surface area (Å²) >= 11 is 1.93. The van der Waals surface area contributed by atoms with Crippen molar-refractivity contribution in [3.05, 3.63) is 72.3 Å². The fraction of sp³-hybridized carbons (Fsp3) is 0.391. The summed E-state index contributed by atoms with van der Waals surface area (Å²) in [7, 11) is 3.40. The van der Waals surface area contributed by atoms with E-state index >= 15 is 0 Å². The summed E-state index contributed by atoms with van der Waals surface area (Å²) in [5.74, 6) is 2.36. The van der Waals surface area contributed by atoms with E-state index < -0.39 is 0 Å². The van der Waals surface area contributed by atoms with E-state index in [-0.39, 0.29) is 0 Å². The van der Waals surface area contributed by atoms with E-state index in [2.05, 4.69) is 49.0 Å². The fourth-order valence-electron chi connectivity index (χ4n) is 2.79. The van der Waals surface area contributed by atoms with Crippen molar-refractivity contribution in [2.75, 3.05) is 14.2 Å². The van der Waals surface area contributed by atoms with Crippen LogP contribution in [0.15, 0.2) is 61.2 Å². The Morgan fingerprint density at radius 1 is 0.889 bits per heavy atom. The lowest BCUT2D eigenvalue weighted by Crippen LogP contribution is -2.21. The minimum atomic E-state index is 0.513. The molecule has 3 nitrogen and oxygen atoms in total. The molecule has 0 heterocycles. The Labute approximate surface area is 168 Å². The molecule has 4 heteroatoms. The number of hydrogen-bond donors (Lipinski definition) is 0. The summed E-state index contributed by atoms with van der Waals surface area (Å²) in [6.45, 7) is 10.2. The van der Waals surface area contributed by atoms with Crippen molar-refractivity contribution >= 4 is 11.9 Å². The largest absolute Gasteiger partial charge is 0.497 e. The van der Waals surface area contributed by atoms with Crippen LogP contribution in [0, 0.1) is 5.92 Å². The normalized spacial score (nSPS) is 13.2. The van der Waals surface area contributed by atoms with Crippen LogP contribution >= 0.6 is 11.9 Å². The molecular weight excluding hydrogens is 354 g/mol. The average molecular weight is 386 g/mol. The lowest BCUT2D eigenvalue weighted by molar-refractivity contribution is 0.412. The second kappa shape index (κ2) is 11.1. The number of methoxy groups -OCH3 is 2. The highest BCUT2D eigenvalue weighted by Crippen LogP contribution is 2.29. The van der Waals surface area contributed by atoms with Crippen LogP contribution in [0.1, 0.15) is 31.4 Å². The molecule has 0 aliphatic rings. The van der Waals surface area contributed by atoms with Crippen molar-refractivity contribution in [1.29, 1.82) is 0 Å². The number of hydrogen-bond acceptors (Lipinski definition) is 4. The van der Waals surface area contributed by atoms with E-state index in [4.69, 9.17) is 9.47 Å². The first-order chi connectivity index (χ1) is 13.0. The number of rotatable bonds is 11. The zero-order valence-corrected chi connectivity index (χ0v) is 17.7. The molecule has 146 valence electrons. The Kier molecular flexibility index (Phi) is 8.76. The quantitative estimate of drug-likeness (QED) is 0.352. The first kappa shape index (κ1) is 21.4. The second-order valence-electron chi connectivity index (χ2n) is 6.81. The molecule has 0 saturated carbocycles. The summed E-state index contributed by atoms with van der Waals surface area (Å²) in [4.78, 5) is 0. The summed E-state index contributed by atoms with van der Waals surface area (Å²) in [6, 6.07) is 16.6.